The summed E-state index contributed by atoms with van der Waals surface area (Å²) < 4.78 is 0. The monoisotopic (exact) mass is 270 g/mol. The number of guanidine groups is 1. The predicted molar refractivity (Wildman–Crippen MR) is 70.2 cm³/mol. The van der Waals surface area contributed by atoms with Crippen molar-refractivity contribution < 1.29 is 4.79 Å². The molecule has 0 aromatic rings. The molecule has 0 aromatic carbocycles. The number of amides is 1. The van der Waals surface area contributed by atoms with Crippen molar-refractivity contribution in [1.82, 2.24) is 4.90 Å². The van der Waals surface area contributed by atoms with Crippen molar-refractivity contribution in [2.75, 3.05) is 6.54 Å². The molecule has 1 saturated heterocycles. The fraction of sp³-hybridized carbons (Fsp3) is 0.778. The van der Waals surface area contributed by atoms with Crippen LogP contribution in [0.25, 0.3) is 0 Å². The molecule has 7 heteroatoms. The number of nitrogens with zero attached hydrogens (tertiary/aromatic N) is 2. The minimum Gasteiger partial charge on any atom is -0.370 e. The van der Waals surface area contributed by atoms with Gasteiger partial charge in [0.05, 0.1) is 6.54 Å². The van der Waals surface area contributed by atoms with Gasteiger partial charge < -0.3 is 11.5 Å². The highest BCUT2D eigenvalue weighted by Gasteiger charge is 2.28. The molecule has 1 rings (SSSR count). The van der Waals surface area contributed by atoms with E-state index in [4.69, 9.17) is 11.5 Å². The number of aliphatic imine (C=N–C) groups is 1. The maximum Gasteiger partial charge on any atom is 0.263 e. The van der Waals surface area contributed by atoms with Crippen molar-refractivity contribution in [3.8, 4) is 0 Å². The smallest absolute Gasteiger partial charge is 0.263 e. The van der Waals surface area contributed by atoms with Crippen LogP contribution in [-0.4, -0.2) is 35.4 Å². The summed E-state index contributed by atoms with van der Waals surface area (Å²) in [5.74, 6) is -0.417. The highest BCUT2D eigenvalue weighted by Crippen LogP contribution is 2.22. The van der Waals surface area contributed by atoms with E-state index < -0.39 is 0 Å². The van der Waals surface area contributed by atoms with Crippen LogP contribution in [0.1, 0.15) is 26.7 Å². The van der Waals surface area contributed by atoms with E-state index in [0.717, 1.165) is 12.8 Å². The summed E-state index contributed by atoms with van der Waals surface area (Å²) in [4.78, 5) is 16.9. The Morgan fingerprint density at radius 1 is 1.25 bits per heavy atom. The predicted octanol–water partition coefficient (Wildman–Crippen LogP) is 0.503. The van der Waals surface area contributed by atoms with Crippen LogP contribution in [0.2, 0.25) is 0 Å². The number of halogens is 2. The number of carbonyl (C=O) groups excluding carboxylic acids is 1. The highest BCUT2D eigenvalue weighted by molar-refractivity contribution is 5.92. The molecule has 1 amide bonds. The van der Waals surface area contributed by atoms with Gasteiger partial charge in [-0.2, -0.15) is 4.99 Å². The average Bonchev–Trinajstić information content (AvgIpc) is 2.34. The first kappa shape index (κ1) is 17.9. The van der Waals surface area contributed by atoms with Gasteiger partial charge in [-0.3, -0.25) is 9.69 Å². The van der Waals surface area contributed by atoms with E-state index in [9.17, 15) is 4.79 Å². The van der Waals surface area contributed by atoms with Gasteiger partial charge in [0, 0.05) is 12.1 Å². The summed E-state index contributed by atoms with van der Waals surface area (Å²) in [6, 6.07) is 0.895. The lowest BCUT2D eigenvalue weighted by Crippen LogP contribution is -2.37. The molecule has 0 saturated carbocycles. The quantitative estimate of drug-likeness (QED) is 0.566. The van der Waals surface area contributed by atoms with E-state index in [1.807, 2.05) is 0 Å². The summed E-state index contributed by atoms with van der Waals surface area (Å²) in [5.41, 5.74) is 10.3. The summed E-state index contributed by atoms with van der Waals surface area (Å²) >= 11 is 0. The maximum absolute atomic E-state index is 11.3. The van der Waals surface area contributed by atoms with Gasteiger partial charge in [0.1, 0.15) is 0 Å². The summed E-state index contributed by atoms with van der Waals surface area (Å²) in [5, 5.41) is 0. The second kappa shape index (κ2) is 7.70. The summed E-state index contributed by atoms with van der Waals surface area (Å²) in [7, 11) is 0. The fourth-order valence-corrected chi connectivity index (χ4v) is 1.90. The minimum atomic E-state index is -0.259. The molecular formula is C9H20Cl2N4O. The Labute approximate surface area is 108 Å². The first-order valence-corrected chi connectivity index (χ1v) is 4.89. The molecule has 4 N–H and O–H groups in total. The highest BCUT2D eigenvalue weighted by atomic mass is 35.5. The molecule has 0 aromatic heterocycles. The molecule has 1 unspecified atom stereocenters. The van der Waals surface area contributed by atoms with Crippen molar-refractivity contribution >= 4 is 36.7 Å². The zero-order valence-electron chi connectivity index (χ0n) is 9.55. The molecule has 0 radical (unpaired) electrons. The average molecular weight is 271 g/mol. The van der Waals surface area contributed by atoms with Gasteiger partial charge in [0.15, 0.2) is 5.96 Å². The van der Waals surface area contributed by atoms with Crippen LogP contribution in [0.4, 0.5) is 0 Å². The first-order valence-electron chi connectivity index (χ1n) is 4.89. The third-order valence-electron chi connectivity index (χ3n) is 2.71. The molecule has 0 aliphatic carbocycles. The van der Waals surface area contributed by atoms with Gasteiger partial charge in [0.25, 0.3) is 5.91 Å². The summed E-state index contributed by atoms with van der Waals surface area (Å²) in [6.07, 6.45) is 2.27. The molecule has 1 fully saturated rings. The molecule has 1 aliphatic rings. The zero-order valence-corrected chi connectivity index (χ0v) is 11.2. The lowest BCUT2D eigenvalue weighted by molar-refractivity contribution is -0.119. The molecule has 1 heterocycles. The maximum atomic E-state index is 11.3. The Morgan fingerprint density at radius 3 is 2.06 bits per heavy atom. The van der Waals surface area contributed by atoms with Gasteiger partial charge in [-0.05, 0) is 26.7 Å². The van der Waals surface area contributed by atoms with E-state index in [1.54, 1.807) is 0 Å². The van der Waals surface area contributed by atoms with Crippen molar-refractivity contribution in [3.63, 3.8) is 0 Å². The van der Waals surface area contributed by atoms with E-state index in [-0.39, 0.29) is 36.7 Å². The Balaban J connectivity index is 0. The normalized spacial score (nSPS) is 24.1. The van der Waals surface area contributed by atoms with E-state index >= 15 is 0 Å². The van der Waals surface area contributed by atoms with E-state index in [2.05, 4.69) is 23.7 Å². The Bertz CT molecular complexity index is 246. The molecular weight excluding hydrogens is 251 g/mol. The first-order chi connectivity index (χ1) is 6.50. The number of likely N-dealkylation sites (tertiary alicyclic amines) is 1. The van der Waals surface area contributed by atoms with Gasteiger partial charge in [-0.25, -0.2) is 0 Å². The van der Waals surface area contributed by atoms with Crippen molar-refractivity contribution in [2.24, 2.45) is 16.5 Å². The molecule has 16 heavy (non-hydrogen) atoms. The molecule has 2 atom stereocenters. The van der Waals surface area contributed by atoms with Crippen LogP contribution in [-0.2, 0) is 4.79 Å². The summed E-state index contributed by atoms with van der Waals surface area (Å²) in [6.45, 7) is 4.55. The van der Waals surface area contributed by atoms with E-state index in [1.165, 1.54) is 0 Å². The third kappa shape index (κ3) is 5.01. The number of nitrogens with two attached hydrogens (primary N) is 2. The number of rotatable bonds is 2. The van der Waals surface area contributed by atoms with Crippen LogP contribution in [0.3, 0.4) is 0 Å². The minimum absolute atomic E-state index is 0. The Morgan fingerprint density at radius 2 is 1.69 bits per heavy atom. The Kier molecular flexibility index (Phi) is 8.60. The molecule has 5 nitrogen and oxygen atoms in total. The SMILES string of the molecule is CC1CC[C@@H](C)N1CC(=O)N=C(N)N.Cl.Cl. The van der Waals surface area contributed by atoms with Crippen LogP contribution in [0, 0.1) is 0 Å². The van der Waals surface area contributed by atoms with Crippen LogP contribution in [0.15, 0.2) is 4.99 Å². The third-order valence-corrected chi connectivity index (χ3v) is 2.71. The lowest BCUT2D eigenvalue weighted by Gasteiger charge is -2.23. The standard InChI is InChI=1S/C9H18N4O.2ClH/c1-6-3-4-7(2)13(6)5-8(14)12-9(10)11;;/h6-7H,3-5H2,1-2H3,(H4,10,11,12,14);2*1H/t6-,7?;;/m1../s1. The van der Waals surface area contributed by atoms with Crippen molar-refractivity contribution in [1.29, 1.82) is 0 Å². The molecule has 0 bridgehead atoms. The van der Waals surface area contributed by atoms with Gasteiger partial charge >= 0.3 is 0 Å². The van der Waals surface area contributed by atoms with Crippen molar-refractivity contribution in [3.05, 3.63) is 0 Å². The van der Waals surface area contributed by atoms with Crippen LogP contribution < -0.4 is 11.5 Å². The molecule has 96 valence electrons. The van der Waals surface area contributed by atoms with Crippen molar-refractivity contribution in [2.45, 2.75) is 38.8 Å². The second-order valence-electron chi connectivity index (χ2n) is 3.88. The number of carbonyl (C=O) groups is 1. The van der Waals surface area contributed by atoms with Gasteiger partial charge in [0.2, 0.25) is 0 Å². The Hall–Kier alpha value is -0.520. The zero-order chi connectivity index (χ0) is 10.7. The number of hydrogen-bond acceptors (Lipinski definition) is 2. The number of hydrogen-bond donors (Lipinski definition) is 2. The van der Waals surface area contributed by atoms with E-state index in [0.29, 0.717) is 18.6 Å². The van der Waals surface area contributed by atoms with Gasteiger partial charge in [-0.1, -0.05) is 0 Å². The molecule has 0 spiro atoms. The lowest BCUT2D eigenvalue weighted by atomic mass is 10.2. The topological polar surface area (TPSA) is 84.7 Å². The molecule has 1 aliphatic heterocycles. The second-order valence-corrected chi connectivity index (χ2v) is 3.88. The largest absolute Gasteiger partial charge is 0.370 e. The van der Waals surface area contributed by atoms with Crippen LogP contribution in [0.5, 0.6) is 0 Å². The van der Waals surface area contributed by atoms with Gasteiger partial charge in [-0.15, -0.1) is 24.8 Å². The van der Waals surface area contributed by atoms with Crippen LogP contribution >= 0.6 is 24.8 Å². The fourth-order valence-electron chi connectivity index (χ4n) is 1.90.